The molecule has 0 bridgehead atoms. The molecule has 0 saturated carbocycles. The Hall–Kier alpha value is -3.42. The molecule has 0 aliphatic heterocycles. The molecule has 0 radical (unpaired) electrons. The number of esters is 2. The van der Waals surface area contributed by atoms with E-state index < -0.39 is 36.0 Å². The summed E-state index contributed by atoms with van der Waals surface area (Å²) >= 11 is 0. The van der Waals surface area contributed by atoms with E-state index in [1.54, 1.807) is 33.8 Å². The van der Waals surface area contributed by atoms with Gasteiger partial charge in [-0.1, -0.05) is 19.2 Å². The van der Waals surface area contributed by atoms with Crippen molar-refractivity contribution in [3.63, 3.8) is 0 Å². The summed E-state index contributed by atoms with van der Waals surface area (Å²) in [4.78, 5) is 49.1. The van der Waals surface area contributed by atoms with Crippen molar-refractivity contribution in [3.8, 4) is 0 Å². The minimum atomic E-state index is -0.928. The Morgan fingerprint density at radius 2 is 1.40 bits per heavy atom. The predicted octanol–water partition coefficient (Wildman–Crippen LogP) is 2.77. The molecule has 30 heavy (non-hydrogen) atoms. The molecule has 0 fully saturated rings. The fourth-order valence-corrected chi connectivity index (χ4v) is 2.93. The normalized spacial score (nSPS) is 12.1. The van der Waals surface area contributed by atoms with Gasteiger partial charge >= 0.3 is 11.9 Å². The van der Waals surface area contributed by atoms with Crippen LogP contribution in [0.3, 0.4) is 0 Å². The lowest BCUT2D eigenvalue weighted by molar-refractivity contribution is -0.144. The van der Waals surface area contributed by atoms with Gasteiger partial charge in [-0.3, -0.25) is 9.59 Å². The number of carbonyl (C=O) groups excluding carboxylic acids is 4. The molecular formula is C22H28N2O6. The molecule has 0 aliphatic carbocycles. The van der Waals surface area contributed by atoms with Crippen LogP contribution in [0.25, 0.3) is 0 Å². The van der Waals surface area contributed by atoms with Gasteiger partial charge in [0.05, 0.1) is 11.1 Å². The van der Waals surface area contributed by atoms with Crippen LogP contribution in [0.15, 0.2) is 37.4 Å². The number of hydrogen-bond donors (Lipinski definition) is 2. The van der Waals surface area contributed by atoms with E-state index in [9.17, 15) is 19.2 Å². The van der Waals surface area contributed by atoms with E-state index in [1.807, 2.05) is 0 Å². The van der Waals surface area contributed by atoms with Crippen LogP contribution in [0.1, 0.15) is 71.7 Å². The second kappa shape index (κ2) is 11.5. The molecule has 162 valence electrons. The Labute approximate surface area is 176 Å². The summed E-state index contributed by atoms with van der Waals surface area (Å²) in [5, 5.41) is 5.34. The molecule has 2 unspecified atom stereocenters. The third-order valence-corrected chi connectivity index (χ3v) is 4.19. The lowest BCUT2D eigenvalue weighted by atomic mass is 9.89. The highest BCUT2D eigenvalue weighted by atomic mass is 16.5. The second-order valence-electron chi connectivity index (χ2n) is 6.28. The number of nitrogens with one attached hydrogen (secondary N) is 2. The Bertz CT molecular complexity index is 846. The third kappa shape index (κ3) is 6.04. The molecular weight excluding hydrogens is 388 g/mol. The Morgan fingerprint density at radius 3 is 1.90 bits per heavy atom. The average molecular weight is 416 g/mol. The van der Waals surface area contributed by atoms with Gasteiger partial charge in [0, 0.05) is 30.8 Å². The first-order valence-corrected chi connectivity index (χ1v) is 9.60. The molecule has 0 aromatic heterocycles. The molecule has 2 amide bonds. The molecule has 0 heterocycles. The van der Waals surface area contributed by atoms with Crippen LogP contribution in [0, 0.1) is 0 Å². The van der Waals surface area contributed by atoms with Crippen molar-refractivity contribution in [2.24, 2.45) is 0 Å². The minimum Gasteiger partial charge on any atom is -0.455 e. The van der Waals surface area contributed by atoms with Gasteiger partial charge in [-0.2, -0.15) is 0 Å². The summed E-state index contributed by atoms with van der Waals surface area (Å²) in [5.41, 5.74) is 0.851. The summed E-state index contributed by atoms with van der Waals surface area (Å²) in [5.74, 6) is -2.32. The van der Waals surface area contributed by atoms with Crippen LogP contribution in [0.2, 0.25) is 0 Å². The van der Waals surface area contributed by atoms with Gasteiger partial charge in [0.15, 0.2) is 0 Å². The molecule has 8 heteroatoms. The fourth-order valence-electron chi connectivity index (χ4n) is 2.93. The first kappa shape index (κ1) is 24.6. The quantitative estimate of drug-likeness (QED) is 0.448. The largest absolute Gasteiger partial charge is 0.455 e. The molecule has 1 rings (SSSR count). The van der Waals surface area contributed by atoms with E-state index in [2.05, 4.69) is 23.8 Å². The second-order valence-corrected chi connectivity index (χ2v) is 6.28. The van der Waals surface area contributed by atoms with Gasteiger partial charge in [0.1, 0.15) is 12.2 Å². The van der Waals surface area contributed by atoms with Crippen molar-refractivity contribution in [2.75, 3.05) is 13.1 Å². The fraction of sp³-hybridized carbons (Fsp3) is 0.364. The monoisotopic (exact) mass is 416 g/mol. The lowest BCUT2D eigenvalue weighted by Crippen LogP contribution is -2.32. The van der Waals surface area contributed by atoms with Gasteiger partial charge in [-0.25, -0.2) is 9.59 Å². The zero-order valence-corrected chi connectivity index (χ0v) is 17.7. The highest BCUT2D eigenvalue weighted by Crippen LogP contribution is 2.33. The van der Waals surface area contributed by atoms with Crippen molar-refractivity contribution < 1.29 is 28.7 Å². The first-order valence-electron chi connectivity index (χ1n) is 9.60. The number of rotatable bonds is 10. The first-order chi connectivity index (χ1) is 14.2. The summed E-state index contributed by atoms with van der Waals surface area (Å²) in [6.07, 6.45) is 0.288. The number of carbonyl (C=O) groups is 4. The van der Waals surface area contributed by atoms with Crippen molar-refractivity contribution in [1.29, 1.82) is 0 Å². The van der Waals surface area contributed by atoms with Crippen molar-refractivity contribution in [2.45, 2.75) is 39.9 Å². The highest BCUT2D eigenvalue weighted by Gasteiger charge is 2.30. The van der Waals surface area contributed by atoms with E-state index >= 15 is 0 Å². The maximum absolute atomic E-state index is 12.9. The molecule has 1 aromatic carbocycles. The van der Waals surface area contributed by atoms with E-state index in [0.29, 0.717) is 18.7 Å². The van der Waals surface area contributed by atoms with Crippen LogP contribution in [-0.4, -0.2) is 36.8 Å². The van der Waals surface area contributed by atoms with Gasteiger partial charge < -0.3 is 20.1 Å². The van der Waals surface area contributed by atoms with Gasteiger partial charge in [-0.15, -0.1) is 0 Å². The summed E-state index contributed by atoms with van der Waals surface area (Å²) in [7, 11) is 0. The van der Waals surface area contributed by atoms with Crippen molar-refractivity contribution in [3.05, 3.63) is 59.7 Å². The maximum Gasteiger partial charge on any atom is 0.330 e. The van der Waals surface area contributed by atoms with Crippen LogP contribution in [0.4, 0.5) is 0 Å². The van der Waals surface area contributed by atoms with Gasteiger partial charge in [0.25, 0.3) is 11.8 Å². The zero-order valence-electron chi connectivity index (χ0n) is 17.7. The Balaban J connectivity index is 3.77. The summed E-state index contributed by atoms with van der Waals surface area (Å²) < 4.78 is 10.6. The SMILES string of the molecule is C=CC(=O)OC(C)c1ccc(C(=O)NCC)c(C(=O)NCC)c1C(C)OC(=O)C=C. The van der Waals surface area contributed by atoms with Crippen LogP contribution in [0.5, 0.6) is 0 Å². The van der Waals surface area contributed by atoms with Gasteiger partial charge in [-0.05, 0) is 39.3 Å². The molecule has 0 saturated heterocycles. The minimum absolute atomic E-state index is 0.0474. The van der Waals surface area contributed by atoms with Crippen molar-refractivity contribution >= 4 is 23.8 Å². The molecule has 2 atom stereocenters. The molecule has 2 N–H and O–H groups in total. The molecule has 8 nitrogen and oxygen atoms in total. The Morgan fingerprint density at radius 1 is 0.900 bits per heavy atom. The molecule has 0 spiro atoms. The highest BCUT2D eigenvalue weighted by molar-refractivity contribution is 6.08. The lowest BCUT2D eigenvalue weighted by Gasteiger charge is -2.25. The van der Waals surface area contributed by atoms with Crippen LogP contribution < -0.4 is 10.6 Å². The third-order valence-electron chi connectivity index (χ3n) is 4.19. The standard InChI is InChI=1S/C22H28N2O6/c1-7-17(25)29-13(5)15-11-12-16(21(27)23-9-3)20(22(28)24-10-4)19(15)14(6)30-18(26)8-2/h7-8,11-14H,1-2,9-10H2,3-6H3,(H,23,27)(H,24,28). The Kier molecular flexibility index (Phi) is 9.48. The molecule has 0 aliphatic rings. The van der Waals surface area contributed by atoms with Crippen molar-refractivity contribution in [1.82, 2.24) is 10.6 Å². The predicted molar refractivity (Wildman–Crippen MR) is 112 cm³/mol. The summed E-state index contributed by atoms with van der Waals surface area (Å²) in [6.45, 7) is 14.1. The summed E-state index contributed by atoms with van der Waals surface area (Å²) in [6, 6.07) is 3.05. The number of hydrogen-bond acceptors (Lipinski definition) is 6. The maximum atomic E-state index is 12.9. The van der Waals surface area contributed by atoms with Crippen LogP contribution in [-0.2, 0) is 19.1 Å². The van der Waals surface area contributed by atoms with E-state index in [0.717, 1.165) is 12.2 Å². The number of ether oxygens (including phenoxy) is 2. The van der Waals surface area contributed by atoms with Gasteiger partial charge in [0.2, 0.25) is 0 Å². The smallest absolute Gasteiger partial charge is 0.330 e. The van der Waals surface area contributed by atoms with E-state index in [1.165, 1.54) is 6.07 Å². The van der Waals surface area contributed by atoms with Crippen LogP contribution >= 0.6 is 0 Å². The topological polar surface area (TPSA) is 111 Å². The van der Waals surface area contributed by atoms with E-state index in [4.69, 9.17) is 9.47 Å². The molecule has 1 aromatic rings. The average Bonchev–Trinajstić information content (AvgIpc) is 2.72. The van der Waals surface area contributed by atoms with E-state index in [-0.39, 0.29) is 16.7 Å². The number of amides is 2. The number of benzene rings is 1. The zero-order chi connectivity index (χ0) is 22.8.